The predicted molar refractivity (Wildman–Crippen MR) is 73.3 cm³/mol. The number of benzene rings is 1. The average molecular weight is 305 g/mol. The second-order valence-electron chi connectivity index (χ2n) is 4.31. The van der Waals surface area contributed by atoms with Gasteiger partial charge in [0.2, 0.25) is 0 Å². The first-order valence-corrected chi connectivity index (χ1v) is 6.22. The lowest BCUT2D eigenvalue weighted by Crippen LogP contribution is -2.12. The molecule has 0 bridgehead atoms. The molecule has 0 saturated heterocycles. The second-order valence-corrected chi connectivity index (χ2v) is 4.31. The fourth-order valence-corrected chi connectivity index (χ4v) is 1.64. The van der Waals surface area contributed by atoms with Crippen molar-refractivity contribution in [3.8, 4) is 0 Å². The number of halogens is 1. The summed E-state index contributed by atoms with van der Waals surface area (Å²) in [4.78, 5) is 26.2. The second kappa shape index (κ2) is 6.66. The van der Waals surface area contributed by atoms with Crippen LogP contribution in [0, 0.1) is 5.82 Å². The van der Waals surface area contributed by atoms with Crippen LogP contribution >= 0.6 is 0 Å². The number of rotatable bonds is 5. The number of oxazole rings is 1. The molecule has 22 heavy (non-hydrogen) atoms. The van der Waals surface area contributed by atoms with Crippen LogP contribution < -0.4 is 0 Å². The maximum Gasteiger partial charge on any atom is 0.378 e. The molecule has 2 rings (SSSR count). The Hall–Kier alpha value is -2.96. The fourth-order valence-electron chi connectivity index (χ4n) is 1.64. The molecule has 1 heterocycles. The van der Waals surface area contributed by atoms with Gasteiger partial charge in [0.05, 0.1) is 13.3 Å². The molecule has 0 spiro atoms. The van der Waals surface area contributed by atoms with E-state index < -0.39 is 17.5 Å². The van der Waals surface area contributed by atoms with Gasteiger partial charge in [-0.05, 0) is 17.7 Å². The zero-order valence-electron chi connectivity index (χ0n) is 11.6. The highest BCUT2D eigenvalue weighted by atomic mass is 19.1. The Balaban J connectivity index is 2.10. The van der Waals surface area contributed by atoms with Gasteiger partial charge >= 0.3 is 5.97 Å². The van der Waals surface area contributed by atoms with E-state index >= 15 is 0 Å². The number of methoxy groups -OCH3 is 1. The molecule has 114 valence electrons. The van der Waals surface area contributed by atoms with Crippen molar-refractivity contribution in [2.45, 2.75) is 6.42 Å². The molecule has 0 radical (unpaired) electrons. The summed E-state index contributed by atoms with van der Waals surface area (Å²) in [5.41, 5.74) is 0.768. The summed E-state index contributed by atoms with van der Waals surface area (Å²) >= 11 is 0. The van der Waals surface area contributed by atoms with Crippen molar-refractivity contribution in [3.05, 3.63) is 59.6 Å². The van der Waals surface area contributed by atoms with Crippen molar-refractivity contribution in [3.63, 3.8) is 0 Å². The number of hydrogen-bond acceptors (Lipinski definition) is 6. The van der Waals surface area contributed by atoms with Crippen LogP contribution in [0.15, 0.2) is 41.0 Å². The molecule has 0 aliphatic rings. The number of ether oxygens (including phenoxy) is 1. The number of nitrogens with zero attached hydrogens (tertiary/aromatic N) is 1. The fraction of sp³-hybridized carbons (Fsp3) is 0.133. The highest BCUT2D eigenvalue weighted by Crippen LogP contribution is 2.16. The van der Waals surface area contributed by atoms with Gasteiger partial charge in [-0.15, -0.1) is 0 Å². The normalized spacial score (nSPS) is 11.3. The molecule has 0 aliphatic carbocycles. The largest absolute Gasteiger partial charge is 0.504 e. The van der Waals surface area contributed by atoms with E-state index in [1.165, 1.54) is 18.3 Å². The van der Waals surface area contributed by atoms with Crippen molar-refractivity contribution in [2.75, 3.05) is 7.11 Å². The summed E-state index contributed by atoms with van der Waals surface area (Å²) in [5.74, 6) is -2.79. The number of aliphatic hydroxyl groups excluding tert-OH is 1. The van der Waals surface area contributed by atoms with Crippen LogP contribution in [-0.4, -0.2) is 29.0 Å². The summed E-state index contributed by atoms with van der Waals surface area (Å²) in [6.07, 6.45) is 2.20. The molecular weight excluding hydrogens is 293 g/mol. The number of hydrogen-bond donors (Lipinski definition) is 1. The Morgan fingerprint density at radius 2 is 2.05 bits per heavy atom. The summed E-state index contributed by atoms with van der Waals surface area (Å²) < 4.78 is 22.3. The summed E-state index contributed by atoms with van der Waals surface area (Å²) in [5, 5.41) is 9.70. The number of carbonyl (C=O) groups excluding carboxylic acids is 2. The maximum absolute atomic E-state index is 12.8. The Labute approximate surface area is 124 Å². The van der Waals surface area contributed by atoms with Crippen molar-refractivity contribution in [1.82, 2.24) is 4.98 Å². The van der Waals surface area contributed by atoms with Gasteiger partial charge in [0.25, 0.3) is 5.78 Å². The highest BCUT2D eigenvalue weighted by molar-refractivity contribution is 6.39. The van der Waals surface area contributed by atoms with Crippen LogP contribution in [0.3, 0.4) is 0 Å². The molecule has 0 saturated carbocycles. The van der Waals surface area contributed by atoms with Gasteiger partial charge in [0, 0.05) is 12.5 Å². The number of aliphatic hydroxyl groups is 1. The van der Waals surface area contributed by atoms with E-state index in [0.717, 1.165) is 12.7 Å². The minimum Gasteiger partial charge on any atom is -0.504 e. The Morgan fingerprint density at radius 1 is 1.36 bits per heavy atom. The molecule has 0 amide bonds. The molecule has 6 nitrogen and oxygen atoms in total. The van der Waals surface area contributed by atoms with Gasteiger partial charge in [0.15, 0.2) is 17.4 Å². The number of esters is 1. The monoisotopic (exact) mass is 305 g/mol. The van der Waals surface area contributed by atoms with Crippen LogP contribution in [0.25, 0.3) is 5.76 Å². The van der Waals surface area contributed by atoms with E-state index in [1.54, 1.807) is 12.1 Å². The Morgan fingerprint density at radius 3 is 2.68 bits per heavy atom. The summed E-state index contributed by atoms with van der Waals surface area (Å²) in [6.45, 7) is 0. The molecule has 0 atom stereocenters. The van der Waals surface area contributed by atoms with E-state index in [1.807, 2.05) is 0 Å². The zero-order chi connectivity index (χ0) is 16.1. The Kier molecular flexibility index (Phi) is 4.67. The quantitative estimate of drug-likeness (QED) is 0.393. The minimum atomic E-state index is -1.10. The molecular formula is C15H12FNO5. The number of ketones is 1. The zero-order valence-corrected chi connectivity index (χ0v) is 11.6. The Bertz CT molecular complexity index is 718. The lowest BCUT2D eigenvalue weighted by Gasteiger charge is -1.97. The first-order chi connectivity index (χ1) is 10.5. The topological polar surface area (TPSA) is 89.6 Å². The molecule has 1 N–H and O–H groups in total. The molecule has 7 heteroatoms. The molecule has 0 aliphatic heterocycles. The lowest BCUT2D eigenvalue weighted by atomic mass is 10.1. The van der Waals surface area contributed by atoms with E-state index in [9.17, 15) is 19.1 Å². The molecule has 1 aromatic heterocycles. The van der Waals surface area contributed by atoms with Crippen LogP contribution in [0.4, 0.5) is 4.39 Å². The average Bonchev–Trinajstić information content (AvgIpc) is 2.97. The van der Waals surface area contributed by atoms with E-state index in [0.29, 0.717) is 12.5 Å². The first-order valence-electron chi connectivity index (χ1n) is 6.22. The standard InChI is InChI=1S/C15H12FNO5/c1-21-15(20)12(19)7-11(18)13-8-17-14(22-13)6-9-2-4-10(16)5-3-9/h2-5,7-8,18H,6H2,1H3. The van der Waals surface area contributed by atoms with E-state index in [-0.39, 0.29) is 17.5 Å². The van der Waals surface area contributed by atoms with Gasteiger partial charge in [-0.1, -0.05) is 12.1 Å². The summed E-state index contributed by atoms with van der Waals surface area (Å²) in [6, 6.07) is 5.78. The predicted octanol–water partition coefficient (Wildman–Crippen LogP) is 2.05. The molecule has 1 aromatic carbocycles. The maximum atomic E-state index is 12.8. The minimum absolute atomic E-state index is 0.0608. The van der Waals surface area contributed by atoms with Gasteiger partial charge in [0.1, 0.15) is 5.82 Å². The highest BCUT2D eigenvalue weighted by Gasteiger charge is 2.15. The third kappa shape index (κ3) is 3.78. The number of aromatic nitrogens is 1. The van der Waals surface area contributed by atoms with Gasteiger partial charge in [-0.25, -0.2) is 14.2 Å². The third-order valence-corrected chi connectivity index (χ3v) is 2.73. The third-order valence-electron chi connectivity index (χ3n) is 2.73. The summed E-state index contributed by atoms with van der Waals surface area (Å²) in [7, 11) is 1.06. The molecule has 2 aromatic rings. The molecule has 0 unspecified atom stereocenters. The van der Waals surface area contributed by atoms with Crippen LogP contribution in [0.5, 0.6) is 0 Å². The van der Waals surface area contributed by atoms with Crippen LogP contribution in [0.2, 0.25) is 0 Å². The van der Waals surface area contributed by atoms with E-state index in [2.05, 4.69) is 9.72 Å². The van der Waals surface area contributed by atoms with Gasteiger partial charge < -0.3 is 14.3 Å². The molecule has 0 fully saturated rings. The lowest BCUT2D eigenvalue weighted by molar-refractivity contribution is -0.149. The van der Waals surface area contributed by atoms with Crippen molar-refractivity contribution >= 4 is 17.5 Å². The smallest absolute Gasteiger partial charge is 0.378 e. The van der Waals surface area contributed by atoms with E-state index in [4.69, 9.17) is 4.42 Å². The van der Waals surface area contributed by atoms with Crippen molar-refractivity contribution in [2.24, 2.45) is 0 Å². The SMILES string of the molecule is COC(=O)C(=O)C=C(O)c1cnc(Cc2ccc(F)cc2)o1. The van der Waals surface area contributed by atoms with Crippen LogP contribution in [0.1, 0.15) is 17.2 Å². The van der Waals surface area contributed by atoms with Gasteiger partial charge in [-0.3, -0.25) is 4.79 Å². The number of carbonyl (C=O) groups is 2. The van der Waals surface area contributed by atoms with Crippen LogP contribution in [-0.2, 0) is 20.7 Å². The van der Waals surface area contributed by atoms with Crippen molar-refractivity contribution in [1.29, 1.82) is 0 Å². The first kappa shape index (κ1) is 15.4. The van der Waals surface area contributed by atoms with Gasteiger partial charge in [-0.2, -0.15) is 0 Å². The van der Waals surface area contributed by atoms with Crippen molar-refractivity contribution < 1.29 is 28.2 Å².